The Morgan fingerprint density at radius 3 is 2.44 bits per heavy atom. The van der Waals surface area contributed by atoms with E-state index >= 15 is 0 Å². The maximum Gasteiger partial charge on any atom is 0.256 e. The van der Waals surface area contributed by atoms with Crippen molar-refractivity contribution in [3.63, 3.8) is 0 Å². The third-order valence-corrected chi connectivity index (χ3v) is 4.18. The summed E-state index contributed by atoms with van der Waals surface area (Å²) in [6, 6.07) is 9.09. The van der Waals surface area contributed by atoms with Gasteiger partial charge >= 0.3 is 0 Å². The quantitative estimate of drug-likeness (QED) is 0.771. The zero-order valence-electron chi connectivity index (χ0n) is 14.7. The van der Waals surface area contributed by atoms with Gasteiger partial charge in [0.25, 0.3) is 5.91 Å². The average molecular weight is 339 g/mol. The third-order valence-electron chi connectivity index (χ3n) is 4.18. The number of carbonyl (C=O) groups is 1. The van der Waals surface area contributed by atoms with Crippen molar-refractivity contribution in [1.29, 1.82) is 0 Å². The number of benzene rings is 1. The number of anilines is 1. The van der Waals surface area contributed by atoms with Crippen molar-refractivity contribution >= 4 is 11.7 Å². The highest BCUT2D eigenvalue weighted by Crippen LogP contribution is 2.21. The van der Waals surface area contributed by atoms with Gasteiger partial charge in [0.05, 0.1) is 19.3 Å². The molecular formula is C17H21N7O. The summed E-state index contributed by atoms with van der Waals surface area (Å²) in [4.78, 5) is 13.9. The summed E-state index contributed by atoms with van der Waals surface area (Å²) in [5, 5.41) is 19.1. The molecule has 8 heteroatoms. The zero-order chi connectivity index (χ0) is 18.0. The van der Waals surface area contributed by atoms with Crippen LogP contribution < -0.4 is 5.32 Å². The van der Waals surface area contributed by atoms with Crippen molar-refractivity contribution in [2.24, 2.45) is 13.0 Å². The number of tetrazole rings is 1. The number of aromatic nitrogens is 6. The molecule has 0 bridgehead atoms. The second-order valence-corrected chi connectivity index (χ2v) is 6.28. The van der Waals surface area contributed by atoms with E-state index in [2.05, 4.69) is 46.6 Å². The maximum absolute atomic E-state index is 12.5. The minimum Gasteiger partial charge on any atom is -0.307 e. The normalized spacial score (nSPS) is 12.4. The van der Waals surface area contributed by atoms with Crippen LogP contribution in [0.25, 0.3) is 11.4 Å². The number of nitrogens with one attached hydrogen (secondary N) is 1. The van der Waals surface area contributed by atoms with E-state index in [1.807, 2.05) is 4.68 Å². The lowest BCUT2D eigenvalue weighted by molar-refractivity contribution is 0.102. The first-order valence-corrected chi connectivity index (χ1v) is 8.15. The smallest absolute Gasteiger partial charge is 0.256 e. The molecule has 0 radical (unpaired) electrons. The van der Waals surface area contributed by atoms with Crippen LogP contribution in [0.5, 0.6) is 0 Å². The molecule has 0 saturated heterocycles. The van der Waals surface area contributed by atoms with Gasteiger partial charge < -0.3 is 5.32 Å². The van der Waals surface area contributed by atoms with Gasteiger partial charge in [-0.15, -0.1) is 10.2 Å². The molecule has 2 heterocycles. The van der Waals surface area contributed by atoms with Gasteiger partial charge in [0.1, 0.15) is 5.82 Å². The summed E-state index contributed by atoms with van der Waals surface area (Å²) < 4.78 is 1.83. The number of hydrogen-bond donors (Lipinski definition) is 1. The van der Waals surface area contributed by atoms with Crippen LogP contribution in [0.1, 0.15) is 37.2 Å². The first kappa shape index (κ1) is 16.8. The van der Waals surface area contributed by atoms with Crippen molar-refractivity contribution in [2.75, 3.05) is 5.32 Å². The van der Waals surface area contributed by atoms with Crippen LogP contribution in [0.4, 0.5) is 5.82 Å². The predicted octanol–water partition coefficient (Wildman–Crippen LogP) is 2.54. The number of hydrogen-bond acceptors (Lipinski definition) is 5. The molecule has 1 amide bonds. The summed E-state index contributed by atoms with van der Waals surface area (Å²) in [7, 11) is 1.71. The van der Waals surface area contributed by atoms with Gasteiger partial charge in [-0.2, -0.15) is 9.90 Å². The van der Waals surface area contributed by atoms with Gasteiger partial charge in [-0.1, -0.05) is 26.0 Å². The zero-order valence-corrected chi connectivity index (χ0v) is 14.7. The molecule has 0 spiro atoms. The van der Waals surface area contributed by atoms with Crippen molar-refractivity contribution in [3.8, 4) is 11.4 Å². The Morgan fingerprint density at radius 1 is 1.12 bits per heavy atom. The van der Waals surface area contributed by atoms with Crippen molar-refractivity contribution in [3.05, 3.63) is 42.1 Å². The third kappa shape index (κ3) is 3.57. The van der Waals surface area contributed by atoms with Crippen molar-refractivity contribution in [2.45, 2.75) is 26.8 Å². The van der Waals surface area contributed by atoms with Crippen molar-refractivity contribution in [1.82, 2.24) is 30.0 Å². The van der Waals surface area contributed by atoms with Crippen LogP contribution >= 0.6 is 0 Å². The number of amides is 1. The first-order chi connectivity index (χ1) is 12.0. The molecule has 130 valence electrons. The second-order valence-electron chi connectivity index (χ2n) is 6.28. The van der Waals surface area contributed by atoms with Crippen molar-refractivity contribution < 1.29 is 4.79 Å². The maximum atomic E-state index is 12.5. The predicted molar refractivity (Wildman–Crippen MR) is 94.0 cm³/mol. The highest BCUT2D eigenvalue weighted by Gasteiger charge is 2.16. The standard InChI is InChI=1S/C17H21N7O/c1-11(2)12(3)24-15(9-10-18-24)19-17(25)14-7-5-13(6-8-14)16-20-22-23(4)21-16/h5-12H,1-4H3,(H,19,25)/t12-/m0/s1. The molecule has 1 aromatic carbocycles. The lowest BCUT2D eigenvalue weighted by Gasteiger charge is -2.19. The van der Waals surface area contributed by atoms with Crippen LogP contribution in [-0.4, -0.2) is 35.9 Å². The highest BCUT2D eigenvalue weighted by atomic mass is 16.1. The molecule has 0 fully saturated rings. The summed E-state index contributed by atoms with van der Waals surface area (Å²) in [5.74, 6) is 1.44. The minimum absolute atomic E-state index is 0.184. The summed E-state index contributed by atoms with van der Waals surface area (Å²) in [6.07, 6.45) is 1.69. The van der Waals surface area contributed by atoms with Crippen LogP contribution in [0, 0.1) is 5.92 Å². The fraction of sp³-hybridized carbons (Fsp3) is 0.353. The topological polar surface area (TPSA) is 90.5 Å². The Labute approximate surface area is 145 Å². The van der Waals surface area contributed by atoms with E-state index in [0.29, 0.717) is 23.1 Å². The van der Waals surface area contributed by atoms with Crippen LogP contribution in [0.2, 0.25) is 0 Å². The van der Waals surface area contributed by atoms with Gasteiger partial charge in [0.2, 0.25) is 5.82 Å². The number of nitrogens with zero attached hydrogens (tertiary/aromatic N) is 6. The van der Waals surface area contributed by atoms with Crippen LogP contribution in [0.3, 0.4) is 0 Å². The molecule has 25 heavy (non-hydrogen) atoms. The Kier molecular flexibility index (Phi) is 4.60. The Morgan fingerprint density at radius 2 is 1.84 bits per heavy atom. The molecule has 8 nitrogen and oxygen atoms in total. The number of carbonyl (C=O) groups excluding carboxylic acids is 1. The van der Waals surface area contributed by atoms with Gasteiger partial charge in [-0.25, -0.2) is 4.68 Å². The van der Waals surface area contributed by atoms with Gasteiger partial charge in [0, 0.05) is 17.2 Å². The minimum atomic E-state index is -0.184. The summed E-state index contributed by atoms with van der Waals surface area (Å²) >= 11 is 0. The molecule has 3 rings (SSSR count). The molecule has 2 aromatic heterocycles. The molecule has 3 aromatic rings. The van der Waals surface area contributed by atoms with Crippen LogP contribution in [0.15, 0.2) is 36.5 Å². The van der Waals surface area contributed by atoms with E-state index in [-0.39, 0.29) is 11.9 Å². The SMILES string of the molecule is CC(C)[C@H](C)n1nccc1NC(=O)c1ccc(-c2nnn(C)n2)cc1. The summed E-state index contributed by atoms with van der Waals surface area (Å²) in [5.41, 5.74) is 1.36. The molecular weight excluding hydrogens is 318 g/mol. The van der Waals surface area contributed by atoms with E-state index < -0.39 is 0 Å². The van der Waals surface area contributed by atoms with E-state index in [9.17, 15) is 4.79 Å². The molecule has 0 unspecified atom stereocenters. The molecule has 0 saturated carbocycles. The Balaban J connectivity index is 1.75. The highest BCUT2D eigenvalue weighted by molar-refractivity contribution is 6.04. The van der Waals surface area contributed by atoms with Gasteiger partial charge in [-0.3, -0.25) is 4.79 Å². The molecule has 1 N–H and O–H groups in total. The van der Waals surface area contributed by atoms with E-state index in [4.69, 9.17) is 0 Å². The fourth-order valence-corrected chi connectivity index (χ4v) is 2.38. The molecule has 0 aliphatic rings. The molecule has 1 atom stereocenters. The van der Waals surface area contributed by atoms with E-state index in [1.54, 1.807) is 43.6 Å². The van der Waals surface area contributed by atoms with Crippen LogP contribution in [-0.2, 0) is 7.05 Å². The molecule has 0 aliphatic carbocycles. The Bertz CT molecular complexity index is 863. The Hall–Kier alpha value is -3.03. The number of rotatable bonds is 5. The van der Waals surface area contributed by atoms with E-state index in [0.717, 1.165) is 5.56 Å². The van der Waals surface area contributed by atoms with E-state index in [1.165, 1.54) is 4.80 Å². The average Bonchev–Trinajstić information content (AvgIpc) is 3.23. The number of aryl methyl sites for hydroxylation is 1. The fourth-order valence-electron chi connectivity index (χ4n) is 2.38. The second kappa shape index (κ2) is 6.84. The van der Waals surface area contributed by atoms with Gasteiger partial charge in [-0.05, 0) is 30.2 Å². The lowest BCUT2D eigenvalue weighted by Crippen LogP contribution is -2.19. The summed E-state index contributed by atoms with van der Waals surface area (Å²) in [6.45, 7) is 6.32. The lowest BCUT2D eigenvalue weighted by atomic mass is 10.1. The van der Waals surface area contributed by atoms with Gasteiger partial charge in [0.15, 0.2) is 0 Å². The first-order valence-electron chi connectivity index (χ1n) is 8.15. The monoisotopic (exact) mass is 339 g/mol. The largest absolute Gasteiger partial charge is 0.307 e. The molecule has 0 aliphatic heterocycles.